The summed E-state index contributed by atoms with van der Waals surface area (Å²) in [7, 11) is 0. The Morgan fingerprint density at radius 1 is 1.29 bits per heavy atom. The monoisotopic (exact) mass is 210 g/mol. The number of halogens is 1. The van der Waals surface area contributed by atoms with Crippen LogP contribution in [-0.2, 0) is 6.42 Å². The average molecular weight is 211 g/mol. The molecule has 0 aromatic heterocycles. The van der Waals surface area contributed by atoms with Gasteiger partial charge in [0.25, 0.3) is 0 Å². The number of hydrogen-bond acceptors (Lipinski definition) is 0. The second-order valence-electron chi connectivity index (χ2n) is 4.25. The predicted molar refractivity (Wildman–Crippen MR) is 63.8 cm³/mol. The second-order valence-corrected chi connectivity index (χ2v) is 4.68. The van der Waals surface area contributed by atoms with Gasteiger partial charge in [0.2, 0.25) is 0 Å². The molecule has 1 rings (SSSR count). The van der Waals surface area contributed by atoms with E-state index in [0.717, 1.165) is 23.3 Å². The van der Waals surface area contributed by atoms with Crippen molar-refractivity contribution in [2.75, 3.05) is 0 Å². The Morgan fingerprint density at radius 3 is 2.50 bits per heavy atom. The van der Waals surface area contributed by atoms with Crippen molar-refractivity contribution in [2.45, 2.75) is 33.6 Å². The first-order valence-corrected chi connectivity index (χ1v) is 5.75. The van der Waals surface area contributed by atoms with Gasteiger partial charge in [-0.15, -0.1) is 0 Å². The van der Waals surface area contributed by atoms with Gasteiger partial charge in [0.1, 0.15) is 0 Å². The van der Waals surface area contributed by atoms with E-state index in [4.69, 9.17) is 11.6 Å². The zero-order valence-corrected chi connectivity index (χ0v) is 10.0. The van der Waals surface area contributed by atoms with Gasteiger partial charge in [-0.25, -0.2) is 0 Å². The highest BCUT2D eigenvalue weighted by molar-refractivity contribution is 6.30. The van der Waals surface area contributed by atoms with Gasteiger partial charge in [-0.3, -0.25) is 0 Å². The van der Waals surface area contributed by atoms with E-state index in [1.165, 1.54) is 12.0 Å². The largest absolute Gasteiger partial charge is 0.0843 e. The fourth-order valence-electron chi connectivity index (χ4n) is 1.82. The molecule has 1 aromatic carbocycles. The Balaban J connectivity index is 2.67. The lowest BCUT2D eigenvalue weighted by atomic mass is 9.87. The van der Waals surface area contributed by atoms with Gasteiger partial charge in [0.05, 0.1) is 0 Å². The molecule has 0 aliphatic heterocycles. The minimum Gasteiger partial charge on any atom is -0.0843 e. The fourth-order valence-corrected chi connectivity index (χ4v) is 2.03. The summed E-state index contributed by atoms with van der Waals surface area (Å²) in [6, 6.07) is 8.20. The van der Waals surface area contributed by atoms with Crippen molar-refractivity contribution in [3.05, 3.63) is 34.9 Å². The van der Waals surface area contributed by atoms with Crippen LogP contribution in [0.4, 0.5) is 0 Å². The quantitative estimate of drug-likeness (QED) is 0.683. The van der Waals surface area contributed by atoms with Crippen molar-refractivity contribution in [3.8, 4) is 0 Å². The van der Waals surface area contributed by atoms with Gasteiger partial charge in [-0.2, -0.15) is 0 Å². The van der Waals surface area contributed by atoms with E-state index in [1.54, 1.807) is 0 Å². The SMILES string of the molecule is CCC(Cc1cccc(Cl)c1)C(C)C. The van der Waals surface area contributed by atoms with Crippen molar-refractivity contribution >= 4 is 11.6 Å². The third-order valence-electron chi connectivity index (χ3n) is 2.85. The molecule has 1 unspecified atom stereocenters. The van der Waals surface area contributed by atoms with Gasteiger partial charge in [-0.05, 0) is 36.0 Å². The zero-order valence-electron chi connectivity index (χ0n) is 9.26. The van der Waals surface area contributed by atoms with Crippen LogP contribution < -0.4 is 0 Å². The van der Waals surface area contributed by atoms with E-state index < -0.39 is 0 Å². The Morgan fingerprint density at radius 2 is 2.00 bits per heavy atom. The van der Waals surface area contributed by atoms with Crippen LogP contribution >= 0.6 is 11.6 Å². The summed E-state index contributed by atoms with van der Waals surface area (Å²) in [4.78, 5) is 0. The predicted octanol–water partition coefficient (Wildman–Crippen LogP) is 4.56. The average Bonchev–Trinajstić information content (AvgIpc) is 2.14. The Bertz CT molecular complexity index is 278. The molecule has 0 N–H and O–H groups in total. The van der Waals surface area contributed by atoms with Crippen LogP contribution in [0.5, 0.6) is 0 Å². The van der Waals surface area contributed by atoms with Crippen LogP contribution in [0, 0.1) is 11.8 Å². The molecule has 1 atom stereocenters. The van der Waals surface area contributed by atoms with Crippen LogP contribution in [0.25, 0.3) is 0 Å². The molecule has 0 nitrogen and oxygen atoms in total. The molecule has 1 aromatic rings. The third kappa shape index (κ3) is 3.34. The maximum absolute atomic E-state index is 5.95. The molecule has 0 radical (unpaired) electrons. The van der Waals surface area contributed by atoms with Crippen LogP contribution in [0.1, 0.15) is 32.8 Å². The van der Waals surface area contributed by atoms with Crippen LogP contribution in [0.2, 0.25) is 5.02 Å². The first-order valence-electron chi connectivity index (χ1n) is 5.38. The first-order chi connectivity index (χ1) is 6.63. The van der Waals surface area contributed by atoms with Gasteiger partial charge in [0, 0.05) is 5.02 Å². The summed E-state index contributed by atoms with van der Waals surface area (Å²) in [5.41, 5.74) is 1.36. The summed E-state index contributed by atoms with van der Waals surface area (Å²) >= 11 is 5.95. The molecule has 0 fully saturated rings. The number of benzene rings is 1. The minimum absolute atomic E-state index is 0.749. The highest BCUT2D eigenvalue weighted by Gasteiger charge is 2.11. The lowest BCUT2D eigenvalue weighted by molar-refractivity contribution is 0.371. The van der Waals surface area contributed by atoms with Crippen molar-refractivity contribution in [2.24, 2.45) is 11.8 Å². The Kier molecular flexibility index (Phi) is 4.47. The Labute approximate surface area is 92.3 Å². The number of rotatable bonds is 4. The van der Waals surface area contributed by atoms with Crippen molar-refractivity contribution in [1.82, 2.24) is 0 Å². The third-order valence-corrected chi connectivity index (χ3v) is 3.09. The highest BCUT2D eigenvalue weighted by atomic mass is 35.5. The van der Waals surface area contributed by atoms with E-state index in [2.05, 4.69) is 32.9 Å². The molecule has 0 bridgehead atoms. The molecule has 0 saturated heterocycles. The molecule has 1 heteroatoms. The minimum atomic E-state index is 0.749. The molecule has 78 valence electrons. The van der Waals surface area contributed by atoms with E-state index in [-0.39, 0.29) is 0 Å². The normalized spacial score (nSPS) is 13.2. The van der Waals surface area contributed by atoms with Gasteiger partial charge >= 0.3 is 0 Å². The van der Waals surface area contributed by atoms with E-state index in [1.807, 2.05) is 12.1 Å². The van der Waals surface area contributed by atoms with Crippen LogP contribution in [-0.4, -0.2) is 0 Å². The highest BCUT2D eigenvalue weighted by Crippen LogP contribution is 2.21. The lowest BCUT2D eigenvalue weighted by Crippen LogP contribution is -2.10. The maximum atomic E-state index is 5.95. The molecule has 0 spiro atoms. The first kappa shape index (κ1) is 11.6. The summed E-state index contributed by atoms with van der Waals surface area (Å²) in [5.74, 6) is 1.52. The fraction of sp³-hybridized carbons (Fsp3) is 0.538. The molecule has 0 aliphatic carbocycles. The van der Waals surface area contributed by atoms with Crippen molar-refractivity contribution in [1.29, 1.82) is 0 Å². The maximum Gasteiger partial charge on any atom is 0.0408 e. The number of hydrogen-bond donors (Lipinski definition) is 0. The molecule has 14 heavy (non-hydrogen) atoms. The van der Waals surface area contributed by atoms with Gasteiger partial charge in [-0.1, -0.05) is 50.9 Å². The van der Waals surface area contributed by atoms with Gasteiger partial charge < -0.3 is 0 Å². The molecule has 0 amide bonds. The molecular formula is C13H19Cl. The summed E-state index contributed by atoms with van der Waals surface area (Å²) in [5, 5.41) is 0.848. The molecule has 0 aliphatic rings. The van der Waals surface area contributed by atoms with E-state index in [0.29, 0.717) is 0 Å². The van der Waals surface area contributed by atoms with Crippen molar-refractivity contribution < 1.29 is 0 Å². The molecule has 0 saturated carbocycles. The zero-order chi connectivity index (χ0) is 10.6. The van der Waals surface area contributed by atoms with Crippen LogP contribution in [0.3, 0.4) is 0 Å². The van der Waals surface area contributed by atoms with Crippen molar-refractivity contribution in [3.63, 3.8) is 0 Å². The standard InChI is InChI=1S/C13H19Cl/c1-4-12(10(2)3)8-11-6-5-7-13(14)9-11/h5-7,9-10,12H,4,8H2,1-3H3. The summed E-state index contributed by atoms with van der Waals surface area (Å²) in [6.45, 7) is 6.84. The summed E-state index contributed by atoms with van der Waals surface area (Å²) < 4.78 is 0. The topological polar surface area (TPSA) is 0 Å². The van der Waals surface area contributed by atoms with E-state index >= 15 is 0 Å². The Hall–Kier alpha value is -0.490. The molecule has 0 heterocycles. The lowest BCUT2D eigenvalue weighted by Gasteiger charge is -2.18. The smallest absolute Gasteiger partial charge is 0.0408 e. The summed E-state index contributed by atoms with van der Waals surface area (Å²) in [6.07, 6.45) is 2.39. The molecular weight excluding hydrogens is 192 g/mol. The second kappa shape index (κ2) is 5.41. The van der Waals surface area contributed by atoms with E-state index in [9.17, 15) is 0 Å². The van der Waals surface area contributed by atoms with Crippen LogP contribution in [0.15, 0.2) is 24.3 Å². The van der Waals surface area contributed by atoms with Gasteiger partial charge in [0.15, 0.2) is 0 Å².